The number of hydrogen-bond acceptors (Lipinski definition) is 4. The maximum atomic E-state index is 10.6. The number of carboxylic acids is 1. The number of hydrogen-bond donors (Lipinski definition) is 2. The predicted molar refractivity (Wildman–Crippen MR) is 89.7 cm³/mol. The highest BCUT2D eigenvalue weighted by atomic mass is 79.9. The van der Waals surface area contributed by atoms with Gasteiger partial charge in [0.15, 0.2) is 0 Å². The van der Waals surface area contributed by atoms with E-state index in [-0.39, 0.29) is 5.28 Å². The van der Waals surface area contributed by atoms with Gasteiger partial charge in [-0.2, -0.15) is 18.2 Å². The van der Waals surface area contributed by atoms with E-state index in [1.54, 1.807) is 12.3 Å². The first-order chi connectivity index (χ1) is 11.6. The monoisotopic (exact) mass is 436 g/mol. The van der Waals surface area contributed by atoms with Gasteiger partial charge in [0, 0.05) is 16.1 Å². The molecule has 0 atom stereocenters. The van der Waals surface area contributed by atoms with Gasteiger partial charge in [-0.15, -0.1) is 0 Å². The van der Waals surface area contributed by atoms with Crippen molar-refractivity contribution in [2.24, 2.45) is 0 Å². The van der Waals surface area contributed by atoms with Gasteiger partial charge in [-0.05, 0) is 35.9 Å². The Morgan fingerprint density at radius 2 is 1.92 bits per heavy atom. The van der Waals surface area contributed by atoms with Gasteiger partial charge in [-0.1, -0.05) is 22.0 Å². The molecule has 6 nitrogen and oxygen atoms in total. The van der Waals surface area contributed by atoms with Crippen LogP contribution in [-0.2, 0) is 4.79 Å². The van der Waals surface area contributed by atoms with Gasteiger partial charge in [-0.3, -0.25) is 4.57 Å². The van der Waals surface area contributed by atoms with Crippen LogP contribution in [0.15, 0.2) is 41.0 Å². The molecule has 0 aliphatic heterocycles. The second kappa shape index (κ2) is 7.28. The van der Waals surface area contributed by atoms with E-state index in [1.807, 2.05) is 28.8 Å². The van der Waals surface area contributed by atoms with Crippen molar-refractivity contribution in [3.8, 4) is 5.82 Å². The Balaban J connectivity index is 0.000000277. The van der Waals surface area contributed by atoms with Crippen LogP contribution < -0.4 is 5.73 Å². The van der Waals surface area contributed by atoms with Gasteiger partial charge in [0.25, 0.3) is 0 Å². The first kappa shape index (κ1) is 19.0. The summed E-state index contributed by atoms with van der Waals surface area (Å²) in [6, 6.07) is 9.62. The maximum Gasteiger partial charge on any atom is 0.490 e. The molecule has 25 heavy (non-hydrogen) atoms. The van der Waals surface area contributed by atoms with E-state index in [1.165, 1.54) is 0 Å². The summed E-state index contributed by atoms with van der Waals surface area (Å²) in [7, 11) is 0. The molecule has 0 radical (unpaired) electrons. The molecule has 0 saturated heterocycles. The highest BCUT2D eigenvalue weighted by Gasteiger charge is 2.38. The van der Waals surface area contributed by atoms with Gasteiger partial charge in [0.1, 0.15) is 11.6 Å². The zero-order valence-corrected chi connectivity index (χ0v) is 14.5. The molecule has 0 saturated carbocycles. The van der Waals surface area contributed by atoms with Gasteiger partial charge < -0.3 is 10.8 Å². The third-order valence-corrected chi connectivity index (χ3v) is 3.55. The van der Waals surface area contributed by atoms with E-state index in [2.05, 4.69) is 25.9 Å². The molecule has 0 fully saturated rings. The number of halogens is 5. The molecule has 0 aliphatic rings. The molecular weight excluding hydrogens is 429 g/mol. The summed E-state index contributed by atoms with van der Waals surface area (Å²) in [5, 5.41) is 8.37. The van der Waals surface area contributed by atoms with E-state index in [0.29, 0.717) is 11.6 Å². The average molecular weight is 438 g/mol. The van der Waals surface area contributed by atoms with Crippen LogP contribution in [0.1, 0.15) is 0 Å². The van der Waals surface area contributed by atoms with Crippen molar-refractivity contribution < 1.29 is 23.1 Å². The van der Waals surface area contributed by atoms with Gasteiger partial charge in [0.05, 0.1) is 5.52 Å². The Morgan fingerprint density at radius 1 is 1.28 bits per heavy atom. The zero-order valence-electron chi connectivity index (χ0n) is 12.1. The Morgan fingerprint density at radius 3 is 2.48 bits per heavy atom. The third kappa shape index (κ3) is 4.60. The van der Waals surface area contributed by atoms with Crippen molar-refractivity contribution in [3.05, 3.63) is 46.3 Å². The minimum atomic E-state index is -5.08. The van der Waals surface area contributed by atoms with Gasteiger partial charge in [0.2, 0.25) is 5.28 Å². The standard InChI is InChI=1S/C12H8BrClN4.C2HF3O2/c13-8-2-1-7-5-10(15)18(9(7)6-8)11-3-4-16-12(14)17-11;3-2(4,5)1(6)7/h1-6H,15H2;(H,6,7). The van der Waals surface area contributed by atoms with Crippen molar-refractivity contribution in [3.63, 3.8) is 0 Å². The molecular formula is C14H9BrClF3N4O2. The Hall–Kier alpha value is -2.33. The van der Waals surface area contributed by atoms with Gasteiger partial charge >= 0.3 is 12.1 Å². The molecule has 0 bridgehead atoms. The van der Waals surface area contributed by atoms with E-state index < -0.39 is 12.1 Å². The fraction of sp³-hybridized carbons (Fsp3) is 0.0714. The first-order valence-electron chi connectivity index (χ1n) is 6.45. The predicted octanol–water partition coefficient (Wildman–Crippen LogP) is 4.05. The summed E-state index contributed by atoms with van der Waals surface area (Å²) in [6.45, 7) is 0. The quantitative estimate of drug-likeness (QED) is 0.560. The second-order valence-electron chi connectivity index (χ2n) is 4.59. The minimum absolute atomic E-state index is 0.198. The van der Waals surface area contributed by atoms with Crippen LogP contribution in [0.3, 0.4) is 0 Å². The SMILES string of the molecule is Nc1cc2ccc(Br)cc2n1-c1ccnc(Cl)n1.O=C(O)C(F)(F)F. The lowest BCUT2D eigenvalue weighted by Crippen LogP contribution is -2.21. The van der Waals surface area contributed by atoms with Crippen molar-refractivity contribution in [1.82, 2.24) is 14.5 Å². The number of nitrogen functional groups attached to an aromatic ring is 1. The van der Waals surface area contributed by atoms with E-state index in [4.69, 9.17) is 27.2 Å². The number of aliphatic carboxylic acids is 1. The van der Waals surface area contributed by atoms with Crippen LogP contribution in [0.4, 0.5) is 19.0 Å². The number of nitrogens with zero attached hydrogens (tertiary/aromatic N) is 3. The summed E-state index contributed by atoms with van der Waals surface area (Å²) < 4.78 is 34.6. The minimum Gasteiger partial charge on any atom is -0.475 e. The van der Waals surface area contributed by atoms with Crippen molar-refractivity contribution >= 4 is 50.2 Å². The molecule has 2 heterocycles. The molecule has 0 unspecified atom stereocenters. The summed E-state index contributed by atoms with van der Waals surface area (Å²) in [6.07, 6.45) is -3.48. The van der Waals surface area contributed by atoms with Crippen LogP contribution in [-0.4, -0.2) is 31.8 Å². The number of anilines is 1. The molecule has 11 heteroatoms. The van der Waals surface area contributed by atoms with Gasteiger partial charge in [-0.25, -0.2) is 9.78 Å². The number of fused-ring (bicyclic) bond motifs is 1. The third-order valence-electron chi connectivity index (χ3n) is 2.88. The molecule has 3 rings (SSSR count). The second-order valence-corrected chi connectivity index (χ2v) is 5.85. The number of alkyl halides is 3. The molecule has 3 aromatic rings. The normalized spacial score (nSPS) is 11.1. The van der Waals surface area contributed by atoms with Crippen LogP contribution >= 0.6 is 27.5 Å². The summed E-state index contributed by atoms with van der Waals surface area (Å²) in [5.41, 5.74) is 7.00. The van der Waals surface area contributed by atoms with Crippen LogP contribution in [0, 0.1) is 0 Å². The lowest BCUT2D eigenvalue weighted by Gasteiger charge is -2.06. The summed E-state index contributed by atoms with van der Waals surface area (Å²) >= 11 is 9.26. The average Bonchev–Trinajstić information content (AvgIpc) is 2.82. The number of nitrogens with two attached hydrogens (primary N) is 1. The van der Waals surface area contributed by atoms with Crippen molar-refractivity contribution in [2.45, 2.75) is 6.18 Å². The van der Waals surface area contributed by atoms with Crippen LogP contribution in [0.2, 0.25) is 5.28 Å². The topological polar surface area (TPSA) is 94.0 Å². The molecule has 1 aromatic carbocycles. The van der Waals surface area contributed by atoms with Crippen LogP contribution in [0.25, 0.3) is 16.7 Å². The molecule has 3 N–H and O–H groups in total. The molecule has 0 aliphatic carbocycles. The summed E-state index contributed by atoms with van der Waals surface area (Å²) in [5.74, 6) is -1.49. The highest BCUT2D eigenvalue weighted by molar-refractivity contribution is 9.10. The maximum absolute atomic E-state index is 10.6. The van der Waals surface area contributed by atoms with Crippen molar-refractivity contribution in [1.29, 1.82) is 0 Å². The van der Waals surface area contributed by atoms with Crippen LogP contribution in [0.5, 0.6) is 0 Å². The Kier molecular flexibility index (Phi) is 5.53. The number of benzene rings is 1. The molecule has 2 aromatic heterocycles. The highest BCUT2D eigenvalue weighted by Crippen LogP contribution is 2.27. The number of carboxylic acid groups (broad SMARTS) is 1. The number of aromatic nitrogens is 3. The van der Waals surface area contributed by atoms with E-state index in [9.17, 15) is 13.2 Å². The van der Waals surface area contributed by atoms with E-state index in [0.717, 1.165) is 15.4 Å². The smallest absolute Gasteiger partial charge is 0.475 e. The van der Waals surface area contributed by atoms with Crippen molar-refractivity contribution in [2.75, 3.05) is 5.73 Å². The molecule has 0 spiro atoms. The number of carbonyl (C=O) groups is 1. The summed E-state index contributed by atoms with van der Waals surface area (Å²) in [4.78, 5) is 16.9. The Labute approximate surface area is 152 Å². The lowest BCUT2D eigenvalue weighted by molar-refractivity contribution is -0.192. The zero-order chi connectivity index (χ0) is 18.8. The molecule has 0 amide bonds. The Bertz CT molecular complexity index is 930. The molecule has 132 valence electrons. The largest absolute Gasteiger partial charge is 0.490 e. The lowest BCUT2D eigenvalue weighted by atomic mass is 10.2. The fourth-order valence-corrected chi connectivity index (χ4v) is 2.39. The fourth-order valence-electron chi connectivity index (χ4n) is 1.90. The number of rotatable bonds is 1. The first-order valence-corrected chi connectivity index (χ1v) is 7.62. The van der Waals surface area contributed by atoms with E-state index >= 15 is 0 Å².